The number of piperidine rings is 1. The van der Waals surface area contributed by atoms with E-state index in [0.29, 0.717) is 4.99 Å². The predicted molar refractivity (Wildman–Crippen MR) is 80.5 cm³/mol. The Balaban J connectivity index is 2.18. The molecular formula is C12H19BrN4S. The van der Waals surface area contributed by atoms with Gasteiger partial charge in [-0.25, -0.2) is 0 Å². The number of aromatic nitrogens is 2. The Labute approximate surface area is 122 Å². The van der Waals surface area contributed by atoms with Crippen molar-refractivity contribution in [2.24, 2.45) is 12.8 Å². The summed E-state index contributed by atoms with van der Waals surface area (Å²) in [4.78, 5) is 2.98. The minimum atomic E-state index is 0.232. The molecule has 2 rings (SSSR count). The lowest BCUT2D eigenvalue weighted by molar-refractivity contribution is 0.180. The summed E-state index contributed by atoms with van der Waals surface area (Å²) in [5.41, 5.74) is 8.06. The number of halogens is 1. The average molecular weight is 331 g/mol. The normalized spacial score (nSPS) is 21.2. The Kier molecular flexibility index (Phi) is 4.40. The van der Waals surface area contributed by atoms with Crippen molar-refractivity contribution in [3.63, 3.8) is 0 Å². The van der Waals surface area contributed by atoms with Gasteiger partial charge in [-0.3, -0.25) is 9.58 Å². The molecule has 1 unspecified atom stereocenters. The Bertz CT molecular complexity index is 457. The van der Waals surface area contributed by atoms with Crippen LogP contribution in [-0.4, -0.2) is 32.3 Å². The van der Waals surface area contributed by atoms with Crippen molar-refractivity contribution in [1.82, 2.24) is 14.7 Å². The molecule has 0 aliphatic carbocycles. The first-order valence-electron chi connectivity index (χ1n) is 6.22. The van der Waals surface area contributed by atoms with Crippen molar-refractivity contribution in [1.29, 1.82) is 0 Å². The number of aryl methyl sites for hydroxylation is 2. The zero-order valence-corrected chi connectivity index (χ0v) is 13.2. The van der Waals surface area contributed by atoms with E-state index in [1.165, 1.54) is 18.5 Å². The van der Waals surface area contributed by atoms with Crippen LogP contribution in [0, 0.1) is 6.92 Å². The molecule has 0 saturated carbocycles. The number of hydrogen-bond donors (Lipinski definition) is 1. The molecule has 1 aliphatic rings. The molecule has 1 atom stereocenters. The largest absolute Gasteiger partial charge is 0.392 e. The number of likely N-dealkylation sites (tertiary alicyclic amines) is 1. The molecule has 2 N–H and O–H groups in total. The van der Waals surface area contributed by atoms with E-state index in [1.807, 2.05) is 18.7 Å². The van der Waals surface area contributed by atoms with Crippen molar-refractivity contribution in [3.05, 3.63) is 15.9 Å². The van der Waals surface area contributed by atoms with Crippen molar-refractivity contribution in [3.8, 4) is 0 Å². The lowest BCUT2D eigenvalue weighted by atomic mass is 10.0. The highest BCUT2D eigenvalue weighted by Crippen LogP contribution is 2.25. The Morgan fingerprint density at radius 2 is 2.28 bits per heavy atom. The van der Waals surface area contributed by atoms with Gasteiger partial charge in [0.05, 0.1) is 26.9 Å². The summed E-state index contributed by atoms with van der Waals surface area (Å²) in [6.45, 7) is 3.91. The minimum absolute atomic E-state index is 0.232. The maximum absolute atomic E-state index is 5.85. The van der Waals surface area contributed by atoms with E-state index in [9.17, 15) is 0 Å². The highest BCUT2D eigenvalue weighted by Gasteiger charge is 2.26. The van der Waals surface area contributed by atoms with Crippen LogP contribution in [-0.2, 0) is 13.6 Å². The summed E-state index contributed by atoms with van der Waals surface area (Å²) < 4.78 is 3.03. The summed E-state index contributed by atoms with van der Waals surface area (Å²) in [5, 5.41) is 4.43. The topological polar surface area (TPSA) is 47.1 Å². The van der Waals surface area contributed by atoms with Gasteiger partial charge in [-0.1, -0.05) is 18.6 Å². The van der Waals surface area contributed by atoms with Crippen molar-refractivity contribution in [2.75, 3.05) is 6.54 Å². The molecule has 0 amide bonds. The molecule has 6 heteroatoms. The summed E-state index contributed by atoms with van der Waals surface area (Å²) >= 11 is 8.79. The Morgan fingerprint density at radius 3 is 2.83 bits per heavy atom. The molecule has 0 aromatic carbocycles. The third-order valence-electron chi connectivity index (χ3n) is 3.56. The van der Waals surface area contributed by atoms with Crippen LogP contribution in [0.1, 0.15) is 30.7 Å². The van der Waals surface area contributed by atoms with E-state index < -0.39 is 0 Å². The van der Waals surface area contributed by atoms with Crippen molar-refractivity contribution < 1.29 is 0 Å². The summed E-state index contributed by atoms with van der Waals surface area (Å²) in [7, 11) is 1.98. The summed E-state index contributed by atoms with van der Waals surface area (Å²) in [5.74, 6) is 0. The standard InChI is InChI=1S/C12H19BrN4S/c1-8-11(13)10(16(2)15-8)7-17-6-4-3-5-9(17)12(14)18/h9H,3-7H2,1-2H3,(H2,14,18). The van der Waals surface area contributed by atoms with Crippen LogP contribution in [0.3, 0.4) is 0 Å². The van der Waals surface area contributed by atoms with Gasteiger partial charge in [-0.2, -0.15) is 5.10 Å². The third kappa shape index (κ3) is 2.75. The van der Waals surface area contributed by atoms with Crippen LogP contribution in [0.5, 0.6) is 0 Å². The number of hydrogen-bond acceptors (Lipinski definition) is 3. The monoisotopic (exact) mass is 330 g/mol. The lowest BCUT2D eigenvalue weighted by Crippen LogP contribution is -2.46. The van der Waals surface area contributed by atoms with Crippen LogP contribution in [0.4, 0.5) is 0 Å². The van der Waals surface area contributed by atoms with Gasteiger partial charge in [0.1, 0.15) is 0 Å². The van der Waals surface area contributed by atoms with E-state index in [0.717, 1.165) is 29.7 Å². The molecule has 1 fully saturated rings. The highest BCUT2D eigenvalue weighted by molar-refractivity contribution is 9.10. The lowest BCUT2D eigenvalue weighted by Gasteiger charge is -2.34. The highest BCUT2D eigenvalue weighted by atomic mass is 79.9. The van der Waals surface area contributed by atoms with Gasteiger partial charge < -0.3 is 5.73 Å². The van der Waals surface area contributed by atoms with Crippen LogP contribution in [0.25, 0.3) is 0 Å². The van der Waals surface area contributed by atoms with Gasteiger partial charge in [0.15, 0.2) is 0 Å². The molecule has 1 aliphatic heterocycles. The van der Waals surface area contributed by atoms with Crippen LogP contribution >= 0.6 is 28.1 Å². The van der Waals surface area contributed by atoms with Gasteiger partial charge >= 0.3 is 0 Å². The van der Waals surface area contributed by atoms with E-state index in [1.54, 1.807) is 0 Å². The number of nitrogens with two attached hydrogens (primary N) is 1. The second-order valence-electron chi connectivity index (χ2n) is 4.85. The maximum Gasteiger partial charge on any atom is 0.0902 e. The van der Waals surface area contributed by atoms with Gasteiger partial charge in [-0.15, -0.1) is 0 Å². The average Bonchev–Trinajstić information content (AvgIpc) is 2.56. The number of rotatable bonds is 3. The Hall–Kier alpha value is -0.460. The molecule has 1 saturated heterocycles. The van der Waals surface area contributed by atoms with Gasteiger partial charge in [0.2, 0.25) is 0 Å². The maximum atomic E-state index is 5.85. The van der Waals surface area contributed by atoms with Crippen molar-refractivity contribution in [2.45, 2.75) is 38.8 Å². The quantitative estimate of drug-likeness (QED) is 0.862. The first kappa shape index (κ1) is 14.0. The molecule has 0 radical (unpaired) electrons. The third-order valence-corrected chi connectivity index (χ3v) is 4.86. The van der Waals surface area contributed by atoms with Gasteiger partial charge in [-0.05, 0) is 42.2 Å². The van der Waals surface area contributed by atoms with E-state index in [2.05, 4.69) is 25.9 Å². The van der Waals surface area contributed by atoms with E-state index in [-0.39, 0.29) is 6.04 Å². The molecule has 100 valence electrons. The molecule has 0 bridgehead atoms. The van der Waals surface area contributed by atoms with E-state index >= 15 is 0 Å². The fourth-order valence-corrected chi connectivity index (χ4v) is 3.27. The van der Waals surface area contributed by atoms with Gasteiger partial charge in [0.25, 0.3) is 0 Å². The van der Waals surface area contributed by atoms with E-state index in [4.69, 9.17) is 18.0 Å². The molecule has 18 heavy (non-hydrogen) atoms. The second-order valence-corrected chi connectivity index (χ2v) is 6.12. The zero-order chi connectivity index (χ0) is 13.3. The Morgan fingerprint density at radius 1 is 1.56 bits per heavy atom. The van der Waals surface area contributed by atoms with Crippen LogP contribution in [0.15, 0.2) is 4.47 Å². The van der Waals surface area contributed by atoms with Gasteiger partial charge in [0, 0.05) is 13.6 Å². The molecule has 4 nitrogen and oxygen atoms in total. The molecule has 2 heterocycles. The summed E-state index contributed by atoms with van der Waals surface area (Å²) in [6.07, 6.45) is 3.50. The minimum Gasteiger partial charge on any atom is -0.392 e. The predicted octanol–water partition coefficient (Wildman–Crippen LogP) is 2.13. The number of nitrogens with zero attached hydrogens (tertiary/aromatic N) is 3. The first-order valence-corrected chi connectivity index (χ1v) is 7.42. The molecule has 0 spiro atoms. The second kappa shape index (κ2) is 5.67. The fraction of sp³-hybridized carbons (Fsp3) is 0.667. The molecular weight excluding hydrogens is 312 g/mol. The summed E-state index contributed by atoms with van der Waals surface area (Å²) in [6, 6.07) is 0.232. The molecule has 1 aromatic heterocycles. The molecule has 1 aromatic rings. The number of thiocarbonyl (C=S) groups is 1. The first-order chi connectivity index (χ1) is 8.50. The van der Waals surface area contributed by atoms with Crippen LogP contribution in [0.2, 0.25) is 0 Å². The zero-order valence-electron chi connectivity index (χ0n) is 10.8. The smallest absolute Gasteiger partial charge is 0.0902 e. The fourth-order valence-electron chi connectivity index (χ4n) is 2.55. The SMILES string of the molecule is Cc1nn(C)c(CN2CCCCC2C(N)=S)c1Br. The van der Waals surface area contributed by atoms with Crippen LogP contribution < -0.4 is 5.73 Å². The van der Waals surface area contributed by atoms with Crippen molar-refractivity contribution >= 4 is 33.1 Å².